The minimum Gasteiger partial charge on any atom is -0.308 e. The van der Waals surface area contributed by atoms with E-state index in [1.54, 1.807) is 42.3 Å². The Hall–Kier alpha value is -2.87. The lowest BCUT2D eigenvalue weighted by atomic mass is 10.1. The van der Waals surface area contributed by atoms with Crippen LogP contribution in [0.1, 0.15) is 11.1 Å². The third-order valence-corrected chi connectivity index (χ3v) is 3.43. The first kappa shape index (κ1) is 19.5. The van der Waals surface area contributed by atoms with Crippen LogP contribution in [-0.2, 0) is 17.5 Å². The van der Waals surface area contributed by atoms with Gasteiger partial charge < -0.3 is 5.32 Å². The van der Waals surface area contributed by atoms with Crippen LogP contribution in [0.15, 0.2) is 54.6 Å². The van der Waals surface area contributed by atoms with Gasteiger partial charge in [-0.1, -0.05) is 30.3 Å². The molecule has 0 aromatic heterocycles. The van der Waals surface area contributed by atoms with Crippen molar-refractivity contribution in [2.24, 2.45) is 0 Å². The molecule has 3 amide bonds. The number of carbonyl (C=O) groups excluding carboxylic acids is 2. The molecule has 2 aromatic rings. The van der Waals surface area contributed by atoms with E-state index in [2.05, 4.69) is 10.6 Å². The van der Waals surface area contributed by atoms with Crippen molar-refractivity contribution in [3.05, 3.63) is 65.7 Å². The average Bonchev–Trinajstić information content (AvgIpc) is 2.54. The summed E-state index contributed by atoms with van der Waals surface area (Å²) >= 11 is 0. The molecule has 0 atom stereocenters. The second-order valence-electron chi connectivity index (χ2n) is 5.74. The number of urea groups is 1. The second-order valence-corrected chi connectivity index (χ2v) is 5.74. The lowest BCUT2D eigenvalue weighted by Crippen LogP contribution is -2.40. The van der Waals surface area contributed by atoms with Crippen LogP contribution in [0.4, 0.5) is 23.7 Å². The van der Waals surface area contributed by atoms with Crippen LogP contribution in [0.5, 0.6) is 0 Å². The van der Waals surface area contributed by atoms with Gasteiger partial charge in [-0.15, -0.1) is 0 Å². The van der Waals surface area contributed by atoms with E-state index in [0.717, 1.165) is 12.1 Å². The van der Waals surface area contributed by atoms with E-state index in [1.165, 1.54) is 12.1 Å². The molecule has 5 nitrogen and oxygen atoms in total. The first-order valence-corrected chi connectivity index (χ1v) is 7.74. The molecule has 0 aliphatic rings. The fourth-order valence-electron chi connectivity index (χ4n) is 2.26. The van der Waals surface area contributed by atoms with Crippen molar-refractivity contribution in [3.63, 3.8) is 0 Å². The van der Waals surface area contributed by atoms with Crippen molar-refractivity contribution >= 4 is 17.6 Å². The number of alkyl halides is 3. The molecule has 0 bridgehead atoms. The molecule has 0 spiro atoms. The highest BCUT2D eigenvalue weighted by Gasteiger charge is 2.29. The largest absolute Gasteiger partial charge is 0.416 e. The van der Waals surface area contributed by atoms with Crippen molar-refractivity contribution in [2.75, 3.05) is 18.9 Å². The smallest absolute Gasteiger partial charge is 0.308 e. The molecule has 8 heteroatoms. The van der Waals surface area contributed by atoms with Crippen molar-refractivity contribution in [2.45, 2.75) is 12.7 Å². The number of benzene rings is 2. The molecule has 0 radical (unpaired) electrons. The van der Waals surface area contributed by atoms with E-state index >= 15 is 0 Å². The fourth-order valence-corrected chi connectivity index (χ4v) is 2.26. The van der Waals surface area contributed by atoms with Gasteiger partial charge in [-0.25, -0.2) is 4.79 Å². The van der Waals surface area contributed by atoms with Crippen molar-refractivity contribution in [1.82, 2.24) is 10.2 Å². The van der Waals surface area contributed by atoms with Crippen LogP contribution >= 0.6 is 0 Å². The fraction of sp³-hybridized carbons (Fsp3) is 0.222. The van der Waals surface area contributed by atoms with Crippen molar-refractivity contribution in [1.29, 1.82) is 0 Å². The number of rotatable bonds is 5. The van der Waals surface area contributed by atoms with Gasteiger partial charge in [-0.05, 0) is 36.9 Å². The molecule has 2 aromatic carbocycles. The van der Waals surface area contributed by atoms with E-state index in [1.807, 2.05) is 0 Å². The average molecular weight is 365 g/mol. The highest BCUT2D eigenvalue weighted by molar-refractivity contribution is 6.01. The van der Waals surface area contributed by atoms with E-state index in [9.17, 15) is 22.8 Å². The Labute approximate surface area is 148 Å². The summed E-state index contributed by atoms with van der Waals surface area (Å²) in [5, 5.41) is 4.71. The summed E-state index contributed by atoms with van der Waals surface area (Å²) < 4.78 is 37.6. The van der Waals surface area contributed by atoms with E-state index < -0.39 is 23.7 Å². The van der Waals surface area contributed by atoms with Crippen LogP contribution in [0, 0.1) is 0 Å². The lowest BCUT2D eigenvalue weighted by Gasteiger charge is -2.16. The van der Waals surface area contributed by atoms with Gasteiger partial charge in [0.2, 0.25) is 5.91 Å². The van der Waals surface area contributed by atoms with Gasteiger partial charge in [0.1, 0.15) is 0 Å². The lowest BCUT2D eigenvalue weighted by molar-refractivity contribution is -0.137. The molecule has 0 saturated heterocycles. The maximum absolute atomic E-state index is 12.5. The van der Waals surface area contributed by atoms with Crippen LogP contribution in [-0.4, -0.2) is 30.4 Å². The summed E-state index contributed by atoms with van der Waals surface area (Å²) in [5.74, 6) is -0.521. The van der Waals surface area contributed by atoms with E-state index in [0.29, 0.717) is 11.3 Å². The van der Waals surface area contributed by atoms with Crippen LogP contribution < -0.4 is 10.6 Å². The zero-order chi connectivity index (χ0) is 19.2. The summed E-state index contributed by atoms with van der Waals surface area (Å²) in [5.41, 5.74) is 0.456. The number of carbonyl (C=O) groups is 2. The van der Waals surface area contributed by atoms with Crippen molar-refractivity contribution in [3.8, 4) is 0 Å². The van der Waals surface area contributed by atoms with Crippen LogP contribution in [0.25, 0.3) is 0 Å². The number of hydrogen-bond acceptors (Lipinski definition) is 3. The quantitative estimate of drug-likeness (QED) is 0.853. The molecular formula is C18H18F3N3O2. The molecule has 0 aliphatic heterocycles. The number of nitrogens with zero attached hydrogens (tertiary/aromatic N) is 1. The maximum Gasteiger partial charge on any atom is 0.416 e. The van der Waals surface area contributed by atoms with Gasteiger partial charge in [0.25, 0.3) is 0 Å². The molecule has 0 unspecified atom stereocenters. The molecule has 2 rings (SSSR count). The van der Waals surface area contributed by atoms with Gasteiger partial charge in [-0.3, -0.25) is 15.0 Å². The molecular weight excluding hydrogens is 347 g/mol. The van der Waals surface area contributed by atoms with E-state index in [4.69, 9.17) is 0 Å². The normalized spacial score (nSPS) is 11.3. The number of amides is 3. The second kappa shape index (κ2) is 8.48. The minimum absolute atomic E-state index is 0.0801. The van der Waals surface area contributed by atoms with Gasteiger partial charge in [0, 0.05) is 12.2 Å². The van der Waals surface area contributed by atoms with Gasteiger partial charge >= 0.3 is 12.2 Å². The SMILES string of the molecule is CN(CC(=O)NC(=O)Nc1ccccc1)Cc1ccc(C(F)(F)F)cc1. The molecule has 26 heavy (non-hydrogen) atoms. The predicted octanol–water partition coefficient (Wildman–Crippen LogP) is 3.49. The standard InChI is InChI=1S/C18H18F3N3O2/c1-24(11-13-7-9-14(10-8-13)18(19,20)21)12-16(25)23-17(26)22-15-5-3-2-4-6-15/h2-10H,11-12H2,1H3,(H2,22,23,25,26). The summed E-state index contributed by atoms with van der Waals surface area (Å²) in [6, 6.07) is 12.7. The number of anilines is 1. The number of likely N-dealkylation sites (N-methyl/N-ethyl adjacent to an activating group) is 1. The van der Waals surface area contributed by atoms with Crippen molar-refractivity contribution < 1.29 is 22.8 Å². The number of halogens is 3. The summed E-state index contributed by atoms with van der Waals surface area (Å²) in [6.07, 6.45) is -4.38. The highest BCUT2D eigenvalue weighted by atomic mass is 19.4. The summed E-state index contributed by atoms with van der Waals surface area (Å²) in [4.78, 5) is 25.2. The van der Waals surface area contributed by atoms with Gasteiger partial charge in [0.15, 0.2) is 0 Å². The summed E-state index contributed by atoms with van der Waals surface area (Å²) in [6.45, 7) is 0.190. The minimum atomic E-state index is -4.38. The first-order chi connectivity index (χ1) is 12.2. The topological polar surface area (TPSA) is 61.4 Å². The van der Waals surface area contributed by atoms with Gasteiger partial charge in [-0.2, -0.15) is 13.2 Å². The van der Waals surface area contributed by atoms with E-state index in [-0.39, 0.29) is 13.1 Å². The number of para-hydroxylation sites is 1. The number of imide groups is 1. The zero-order valence-electron chi connectivity index (χ0n) is 14.0. The Morgan fingerprint density at radius 2 is 1.62 bits per heavy atom. The Bertz CT molecular complexity index is 747. The third-order valence-electron chi connectivity index (χ3n) is 3.43. The molecule has 138 valence electrons. The zero-order valence-corrected chi connectivity index (χ0v) is 14.0. The third kappa shape index (κ3) is 6.21. The Morgan fingerprint density at radius 1 is 1.00 bits per heavy atom. The predicted molar refractivity (Wildman–Crippen MR) is 91.4 cm³/mol. The highest BCUT2D eigenvalue weighted by Crippen LogP contribution is 2.29. The van der Waals surface area contributed by atoms with Crippen LogP contribution in [0.2, 0.25) is 0 Å². The molecule has 0 heterocycles. The molecule has 0 saturated carbocycles. The summed E-state index contributed by atoms with van der Waals surface area (Å²) in [7, 11) is 1.63. The maximum atomic E-state index is 12.5. The molecule has 0 aliphatic carbocycles. The monoisotopic (exact) mass is 365 g/mol. The molecule has 0 fully saturated rings. The number of hydrogen-bond donors (Lipinski definition) is 2. The van der Waals surface area contributed by atoms with Crippen LogP contribution in [0.3, 0.4) is 0 Å². The first-order valence-electron chi connectivity index (χ1n) is 7.74. The Morgan fingerprint density at radius 3 is 2.19 bits per heavy atom. The number of nitrogens with one attached hydrogen (secondary N) is 2. The Kier molecular flexibility index (Phi) is 6.35. The molecule has 2 N–H and O–H groups in total. The Balaban J connectivity index is 1.80. The van der Waals surface area contributed by atoms with Gasteiger partial charge in [0.05, 0.1) is 12.1 Å².